The molecule has 0 atom stereocenters. The Morgan fingerprint density at radius 2 is 1.10 bits per heavy atom. The fourth-order valence-electron chi connectivity index (χ4n) is 4.45. The zero-order valence-electron chi connectivity index (χ0n) is 26.2. The molecule has 3 rings (SSSR count). The SMILES string of the molecule is CCCCCCc1cccc(C2=CC(C)=C(c3cccc(CCCCCC)c3)[N+]2=[N-])c1.[CH2-]CCC.[CH2-]CCC.[Ni+2]. The Morgan fingerprint density at radius 1 is 0.650 bits per heavy atom. The van der Waals surface area contributed by atoms with Crippen LogP contribution in [0, 0.1) is 13.8 Å². The summed E-state index contributed by atoms with van der Waals surface area (Å²) in [6.45, 7) is 18.0. The molecule has 0 bridgehead atoms. The fraction of sp³-hybridized carbons (Fsp3) is 0.514. The number of nitrogens with zero attached hydrogens (tertiary/aromatic N) is 2. The summed E-state index contributed by atoms with van der Waals surface area (Å²) in [6.07, 6.45) is 19.0. The Balaban J connectivity index is 0.00000149. The van der Waals surface area contributed by atoms with Crippen LogP contribution in [-0.2, 0) is 29.3 Å². The molecule has 0 saturated heterocycles. The van der Waals surface area contributed by atoms with Gasteiger partial charge in [0.15, 0.2) is 0 Å². The van der Waals surface area contributed by atoms with Crippen LogP contribution < -0.4 is 0 Å². The first-order chi connectivity index (χ1) is 19.0. The Morgan fingerprint density at radius 3 is 1.55 bits per heavy atom. The van der Waals surface area contributed by atoms with E-state index in [4.69, 9.17) is 0 Å². The van der Waals surface area contributed by atoms with Gasteiger partial charge in [-0.1, -0.05) is 103 Å². The Hall–Kier alpha value is -1.99. The van der Waals surface area contributed by atoms with Crippen molar-refractivity contribution in [3.05, 3.63) is 102 Å². The zero-order chi connectivity index (χ0) is 28.9. The van der Waals surface area contributed by atoms with E-state index in [1.807, 2.05) is 0 Å². The Bertz CT molecular complexity index is 1010. The van der Waals surface area contributed by atoms with Crippen LogP contribution in [0.1, 0.15) is 134 Å². The summed E-state index contributed by atoms with van der Waals surface area (Å²) < 4.78 is 1.39. The molecular formula is C37H56N2Ni. The predicted octanol–water partition coefficient (Wildman–Crippen LogP) is 12.0. The van der Waals surface area contributed by atoms with Crippen LogP contribution >= 0.6 is 0 Å². The van der Waals surface area contributed by atoms with Crippen molar-refractivity contribution in [3.8, 4) is 0 Å². The third kappa shape index (κ3) is 14.1. The van der Waals surface area contributed by atoms with Crippen molar-refractivity contribution >= 4 is 11.4 Å². The summed E-state index contributed by atoms with van der Waals surface area (Å²) in [6, 6.07) is 17.3. The third-order valence-electron chi connectivity index (χ3n) is 6.94. The summed E-state index contributed by atoms with van der Waals surface area (Å²) in [5.74, 6) is 0. The van der Waals surface area contributed by atoms with E-state index in [1.54, 1.807) is 0 Å². The number of benzene rings is 2. The second-order valence-electron chi connectivity index (χ2n) is 10.6. The summed E-state index contributed by atoms with van der Waals surface area (Å²) in [4.78, 5) is 0. The molecule has 0 aromatic heterocycles. The van der Waals surface area contributed by atoms with Crippen LogP contribution in [0.25, 0.3) is 16.9 Å². The molecule has 0 spiro atoms. The van der Waals surface area contributed by atoms with Crippen molar-refractivity contribution in [1.29, 1.82) is 0 Å². The van der Waals surface area contributed by atoms with Gasteiger partial charge in [0, 0.05) is 22.8 Å². The first kappa shape index (κ1) is 38.0. The van der Waals surface area contributed by atoms with Gasteiger partial charge >= 0.3 is 16.5 Å². The molecule has 0 saturated carbocycles. The van der Waals surface area contributed by atoms with Gasteiger partial charge in [0.2, 0.25) is 11.4 Å². The molecule has 0 amide bonds. The van der Waals surface area contributed by atoms with Crippen molar-refractivity contribution in [1.82, 2.24) is 0 Å². The maximum Gasteiger partial charge on any atom is 2.00 e. The molecule has 2 aromatic carbocycles. The molecule has 0 aliphatic carbocycles. The van der Waals surface area contributed by atoms with Gasteiger partial charge in [0.25, 0.3) is 0 Å². The van der Waals surface area contributed by atoms with Crippen molar-refractivity contribution in [2.75, 3.05) is 0 Å². The minimum atomic E-state index is 0. The number of allylic oxidation sites excluding steroid dienone is 2. The minimum absolute atomic E-state index is 0. The maximum absolute atomic E-state index is 11.1. The third-order valence-corrected chi connectivity index (χ3v) is 6.94. The van der Waals surface area contributed by atoms with Gasteiger partial charge in [0.05, 0.1) is 0 Å². The topological polar surface area (TPSA) is 25.3 Å². The molecular weight excluding hydrogens is 531 g/mol. The number of aryl methyl sites for hydroxylation is 2. The van der Waals surface area contributed by atoms with Crippen molar-refractivity contribution in [2.45, 2.75) is 125 Å². The predicted molar refractivity (Wildman–Crippen MR) is 173 cm³/mol. The van der Waals surface area contributed by atoms with Crippen LogP contribution in [0.2, 0.25) is 0 Å². The monoisotopic (exact) mass is 586 g/mol. The van der Waals surface area contributed by atoms with Gasteiger partial charge in [-0.2, -0.15) is 12.8 Å². The van der Waals surface area contributed by atoms with Crippen LogP contribution in [0.4, 0.5) is 0 Å². The first-order valence-electron chi connectivity index (χ1n) is 15.7. The standard InChI is InChI=1S/C29H38N2.2C4H9.Ni/c1-4-6-8-10-14-24-16-12-18-26(21-24)28-20-23(3)29(31(28)30)27-19-13-17-25(22-27)15-11-9-7-5-2;2*1-3-4-2;/h12-13,16-22H,4-11,14-15H2,1-3H3;2*1,3-4H2,2H3;/q;2*-1;+2. The maximum atomic E-state index is 11.1. The first-order valence-corrected chi connectivity index (χ1v) is 15.7. The molecule has 0 N–H and O–H groups in total. The largest absolute Gasteiger partial charge is 2.00 e. The van der Waals surface area contributed by atoms with Gasteiger partial charge in [0.1, 0.15) is 0 Å². The van der Waals surface area contributed by atoms with Crippen LogP contribution in [0.5, 0.6) is 0 Å². The molecule has 1 aliphatic heterocycles. The van der Waals surface area contributed by atoms with Gasteiger partial charge in [-0.15, -0.1) is 0 Å². The fourth-order valence-corrected chi connectivity index (χ4v) is 4.45. The van der Waals surface area contributed by atoms with Crippen molar-refractivity contribution < 1.29 is 21.2 Å². The number of hydrogen-bond acceptors (Lipinski definition) is 0. The molecule has 0 radical (unpaired) electrons. The summed E-state index contributed by atoms with van der Waals surface area (Å²) in [7, 11) is 0. The van der Waals surface area contributed by atoms with Crippen LogP contribution in [0.3, 0.4) is 0 Å². The average Bonchev–Trinajstić information content (AvgIpc) is 3.27. The van der Waals surface area contributed by atoms with Crippen LogP contribution in [0.15, 0.2) is 60.2 Å². The molecule has 1 heterocycles. The van der Waals surface area contributed by atoms with E-state index < -0.39 is 0 Å². The minimum Gasteiger partial charge on any atom is -0.493 e. The summed E-state index contributed by atoms with van der Waals surface area (Å²) >= 11 is 0. The Kier molecular flexibility index (Phi) is 22.5. The Labute approximate surface area is 258 Å². The van der Waals surface area contributed by atoms with Gasteiger partial charge < -0.3 is 19.4 Å². The molecule has 2 aromatic rings. The molecule has 0 fully saturated rings. The molecule has 40 heavy (non-hydrogen) atoms. The average molecular weight is 588 g/mol. The second-order valence-corrected chi connectivity index (χ2v) is 10.6. The van der Waals surface area contributed by atoms with Gasteiger partial charge in [-0.05, 0) is 68.0 Å². The molecule has 3 heteroatoms. The quantitative estimate of drug-likeness (QED) is 0.0909. The van der Waals surface area contributed by atoms with E-state index >= 15 is 0 Å². The van der Waals surface area contributed by atoms with E-state index in [0.29, 0.717) is 0 Å². The molecule has 2 nitrogen and oxygen atoms in total. The van der Waals surface area contributed by atoms with Crippen molar-refractivity contribution in [2.24, 2.45) is 0 Å². The molecule has 224 valence electrons. The smallest absolute Gasteiger partial charge is 0.493 e. The summed E-state index contributed by atoms with van der Waals surface area (Å²) in [5, 5.41) is 0. The number of hydrogen-bond donors (Lipinski definition) is 0. The zero-order valence-corrected chi connectivity index (χ0v) is 27.2. The second kappa shape index (κ2) is 23.7. The van der Waals surface area contributed by atoms with E-state index in [9.17, 15) is 5.53 Å². The van der Waals surface area contributed by atoms with E-state index in [2.05, 4.69) is 103 Å². The van der Waals surface area contributed by atoms with E-state index in [1.165, 1.54) is 80.0 Å². The molecule has 0 unspecified atom stereocenters. The van der Waals surface area contributed by atoms with Gasteiger partial charge in [-0.25, -0.2) is 4.70 Å². The molecule has 1 aliphatic rings. The van der Waals surface area contributed by atoms with E-state index in [0.717, 1.165) is 53.8 Å². The van der Waals surface area contributed by atoms with Crippen LogP contribution in [-0.4, -0.2) is 4.70 Å². The van der Waals surface area contributed by atoms with E-state index in [-0.39, 0.29) is 16.5 Å². The van der Waals surface area contributed by atoms with Gasteiger partial charge in [-0.3, -0.25) is 0 Å². The van der Waals surface area contributed by atoms with Crippen molar-refractivity contribution in [3.63, 3.8) is 0 Å². The number of rotatable bonds is 14. The number of unbranched alkanes of at least 4 members (excludes halogenated alkanes) is 8. The normalized spacial score (nSPS) is 12.2. The summed E-state index contributed by atoms with van der Waals surface area (Å²) in [5.41, 5.74) is 18.9.